The van der Waals surface area contributed by atoms with E-state index in [0.29, 0.717) is 6.54 Å². The molecule has 0 amide bonds. The topological polar surface area (TPSA) is 49.3 Å². The predicted molar refractivity (Wildman–Crippen MR) is 58.0 cm³/mol. The lowest BCUT2D eigenvalue weighted by Crippen LogP contribution is -2.23. The summed E-state index contributed by atoms with van der Waals surface area (Å²) < 4.78 is 0. The van der Waals surface area contributed by atoms with Crippen LogP contribution < -0.4 is 5.32 Å². The first-order chi connectivity index (χ1) is 6.25. The molecule has 0 fully saturated rings. The molecular weight excluding hydrogens is 202 g/mol. The first kappa shape index (κ1) is 12.9. The van der Waals surface area contributed by atoms with Crippen LogP contribution in [0.25, 0.3) is 0 Å². The Morgan fingerprint density at radius 3 is 2.43 bits per heavy atom. The standard InChI is InChI=1S/C10H13NO2.ClH/c1-11-7-9(10(12)13)8-5-3-2-4-6-8;/h2-6,9,11H,7H2,1H3,(H,12,13);1H. The van der Waals surface area contributed by atoms with E-state index in [-0.39, 0.29) is 12.4 Å². The Bertz CT molecular complexity index is 277. The van der Waals surface area contributed by atoms with Gasteiger partial charge in [-0.1, -0.05) is 30.3 Å². The SMILES string of the molecule is CNCC(C(=O)O)c1ccccc1.Cl. The van der Waals surface area contributed by atoms with Crippen LogP contribution in [-0.4, -0.2) is 24.7 Å². The fourth-order valence-corrected chi connectivity index (χ4v) is 1.24. The van der Waals surface area contributed by atoms with Crippen LogP contribution in [0, 0.1) is 0 Å². The second kappa shape index (κ2) is 6.40. The molecule has 0 bridgehead atoms. The molecule has 0 heterocycles. The molecule has 1 atom stereocenters. The Morgan fingerprint density at radius 1 is 1.43 bits per heavy atom. The summed E-state index contributed by atoms with van der Waals surface area (Å²) in [5, 5.41) is 11.8. The summed E-state index contributed by atoms with van der Waals surface area (Å²) >= 11 is 0. The van der Waals surface area contributed by atoms with Crippen molar-refractivity contribution in [1.29, 1.82) is 0 Å². The Kier molecular flexibility index (Phi) is 5.92. The molecule has 2 N–H and O–H groups in total. The lowest BCUT2D eigenvalue weighted by Gasteiger charge is -2.11. The molecule has 0 aliphatic carbocycles. The van der Waals surface area contributed by atoms with Gasteiger partial charge in [0.05, 0.1) is 5.92 Å². The minimum atomic E-state index is -0.791. The van der Waals surface area contributed by atoms with E-state index < -0.39 is 11.9 Å². The van der Waals surface area contributed by atoms with Gasteiger partial charge in [-0.3, -0.25) is 4.79 Å². The van der Waals surface area contributed by atoms with Gasteiger partial charge in [0.2, 0.25) is 0 Å². The smallest absolute Gasteiger partial charge is 0.312 e. The lowest BCUT2D eigenvalue weighted by atomic mass is 9.99. The first-order valence-electron chi connectivity index (χ1n) is 4.18. The minimum Gasteiger partial charge on any atom is -0.481 e. The number of likely N-dealkylation sites (N-methyl/N-ethyl adjacent to an activating group) is 1. The number of hydrogen-bond donors (Lipinski definition) is 2. The van der Waals surface area contributed by atoms with Crippen LogP contribution >= 0.6 is 12.4 Å². The van der Waals surface area contributed by atoms with Crippen molar-refractivity contribution in [2.24, 2.45) is 0 Å². The van der Waals surface area contributed by atoms with E-state index >= 15 is 0 Å². The third-order valence-electron chi connectivity index (χ3n) is 1.91. The summed E-state index contributed by atoms with van der Waals surface area (Å²) in [7, 11) is 1.75. The molecule has 0 aromatic heterocycles. The molecule has 1 rings (SSSR count). The Morgan fingerprint density at radius 2 is 2.00 bits per heavy atom. The van der Waals surface area contributed by atoms with E-state index in [0.717, 1.165) is 5.56 Å². The number of aliphatic carboxylic acids is 1. The molecule has 0 aliphatic heterocycles. The quantitative estimate of drug-likeness (QED) is 0.800. The Hall–Kier alpha value is -1.06. The predicted octanol–water partition coefficient (Wildman–Crippen LogP) is 1.50. The molecule has 78 valence electrons. The zero-order chi connectivity index (χ0) is 9.68. The summed E-state index contributed by atoms with van der Waals surface area (Å²) in [6.07, 6.45) is 0. The third-order valence-corrected chi connectivity index (χ3v) is 1.91. The molecule has 0 radical (unpaired) electrons. The summed E-state index contributed by atoms with van der Waals surface area (Å²) in [4.78, 5) is 10.8. The van der Waals surface area contributed by atoms with E-state index in [1.807, 2.05) is 30.3 Å². The lowest BCUT2D eigenvalue weighted by molar-refractivity contribution is -0.138. The van der Waals surface area contributed by atoms with Crippen LogP contribution in [0.3, 0.4) is 0 Å². The molecular formula is C10H14ClNO2. The van der Waals surface area contributed by atoms with Crippen molar-refractivity contribution in [3.05, 3.63) is 35.9 Å². The van der Waals surface area contributed by atoms with Crippen molar-refractivity contribution in [2.75, 3.05) is 13.6 Å². The maximum Gasteiger partial charge on any atom is 0.312 e. The monoisotopic (exact) mass is 215 g/mol. The maximum atomic E-state index is 10.8. The van der Waals surface area contributed by atoms with Gasteiger partial charge in [0.15, 0.2) is 0 Å². The molecule has 3 nitrogen and oxygen atoms in total. The highest BCUT2D eigenvalue weighted by atomic mass is 35.5. The van der Waals surface area contributed by atoms with Crippen LogP contribution in [0.5, 0.6) is 0 Å². The van der Waals surface area contributed by atoms with E-state index in [1.165, 1.54) is 0 Å². The van der Waals surface area contributed by atoms with Crippen molar-refractivity contribution in [3.8, 4) is 0 Å². The summed E-state index contributed by atoms with van der Waals surface area (Å²) in [6.45, 7) is 0.458. The number of carboxylic acids is 1. The fraction of sp³-hybridized carbons (Fsp3) is 0.300. The van der Waals surface area contributed by atoms with Gasteiger partial charge in [0.25, 0.3) is 0 Å². The highest BCUT2D eigenvalue weighted by Gasteiger charge is 2.17. The summed E-state index contributed by atoms with van der Waals surface area (Å²) in [5.74, 6) is -1.24. The molecule has 1 aromatic carbocycles. The number of hydrogen-bond acceptors (Lipinski definition) is 2. The Labute approximate surface area is 89.5 Å². The zero-order valence-corrected chi connectivity index (χ0v) is 8.75. The van der Waals surface area contributed by atoms with Crippen LogP contribution in [0.15, 0.2) is 30.3 Å². The minimum absolute atomic E-state index is 0. The zero-order valence-electron chi connectivity index (χ0n) is 7.93. The number of halogens is 1. The number of carboxylic acid groups (broad SMARTS) is 1. The fourth-order valence-electron chi connectivity index (χ4n) is 1.24. The second-order valence-corrected chi connectivity index (χ2v) is 2.86. The highest BCUT2D eigenvalue weighted by Crippen LogP contribution is 2.14. The van der Waals surface area contributed by atoms with Gasteiger partial charge in [-0.25, -0.2) is 0 Å². The van der Waals surface area contributed by atoms with Crippen LogP contribution in [0.4, 0.5) is 0 Å². The number of rotatable bonds is 4. The Balaban J connectivity index is 0.00000169. The molecule has 1 unspecified atom stereocenters. The van der Waals surface area contributed by atoms with Crippen LogP contribution in [-0.2, 0) is 4.79 Å². The molecule has 0 aliphatic rings. The van der Waals surface area contributed by atoms with Gasteiger partial charge >= 0.3 is 5.97 Å². The van der Waals surface area contributed by atoms with E-state index in [2.05, 4.69) is 5.32 Å². The maximum absolute atomic E-state index is 10.8. The molecule has 0 saturated carbocycles. The number of nitrogens with one attached hydrogen (secondary N) is 1. The van der Waals surface area contributed by atoms with Crippen molar-refractivity contribution < 1.29 is 9.90 Å². The normalized spacial score (nSPS) is 11.5. The van der Waals surface area contributed by atoms with E-state index in [9.17, 15) is 4.79 Å². The molecule has 0 saturated heterocycles. The molecule has 0 spiro atoms. The van der Waals surface area contributed by atoms with Crippen LogP contribution in [0.2, 0.25) is 0 Å². The number of benzene rings is 1. The molecule has 1 aromatic rings. The molecule has 14 heavy (non-hydrogen) atoms. The van der Waals surface area contributed by atoms with Crippen molar-refractivity contribution in [3.63, 3.8) is 0 Å². The van der Waals surface area contributed by atoms with E-state index in [4.69, 9.17) is 5.11 Å². The third kappa shape index (κ3) is 3.36. The average Bonchev–Trinajstić information content (AvgIpc) is 2.15. The summed E-state index contributed by atoms with van der Waals surface area (Å²) in [6, 6.07) is 9.23. The first-order valence-corrected chi connectivity index (χ1v) is 4.18. The van der Waals surface area contributed by atoms with Crippen LogP contribution in [0.1, 0.15) is 11.5 Å². The summed E-state index contributed by atoms with van der Waals surface area (Å²) in [5.41, 5.74) is 0.837. The largest absolute Gasteiger partial charge is 0.481 e. The van der Waals surface area contributed by atoms with Gasteiger partial charge in [-0.15, -0.1) is 12.4 Å². The highest BCUT2D eigenvalue weighted by molar-refractivity contribution is 5.85. The van der Waals surface area contributed by atoms with Gasteiger partial charge in [0, 0.05) is 6.54 Å². The number of carbonyl (C=O) groups is 1. The van der Waals surface area contributed by atoms with Crippen molar-refractivity contribution >= 4 is 18.4 Å². The van der Waals surface area contributed by atoms with Gasteiger partial charge < -0.3 is 10.4 Å². The van der Waals surface area contributed by atoms with Gasteiger partial charge in [0.1, 0.15) is 0 Å². The van der Waals surface area contributed by atoms with Gasteiger partial charge in [-0.05, 0) is 12.6 Å². The molecule has 4 heteroatoms. The van der Waals surface area contributed by atoms with Gasteiger partial charge in [-0.2, -0.15) is 0 Å². The van der Waals surface area contributed by atoms with Crippen molar-refractivity contribution in [2.45, 2.75) is 5.92 Å². The van der Waals surface area contributed by atoms with E-state index in [1.54, 1.807) is 7.05 Å². The van der Waals surface area contributed by atoms with Crippen molar-refractivity contribution in [1.82, 2.24) is 5.32 Å². The average molecular weight is 216 g/mol. The second-order valence-electron chi connectivity index (χ2n) is 2.86.